The van der Waals surface area contributed by atoms with Crippen molar-refractivity contribution in [2.24, 2.45) is 0 Å². The monoisotopic (exact) mass is 410 g/mol. The highest BCUT2D eigenvalue weighted by Crippen LogP contribution is 2.31. The molecule has 0 bridgehead atoms. The number of carbonyl (C=O) groups excluding carboxylic acids is 1. The summed E-state index contributed by atoms with van der Waals surface area (Å²) in [5.41, 5.74) is 1.33. The van der Waals surface area contributed by atoms with E-state index in [-0.39, 0.29) is 28.1 Å². The number of halogens is 2. The smallest absolute Gasteiger partial charge is 0.262 e. The van der Waals surface area contributed by atoms with Crippen LogP contribution >= 0.6 is 27.5 Å². The minimum absolute atomic E-state index is 0.0905. The van der Waals surface area contributed by atoms with Gasteiger partial charge in [-0.25, -0.2) is 0 Å². The van der Waals surface area contributed by atoms with Crippen LogP contribution in [0.3, 0.4) is 0 Å². The Balaban J connectivity index is 2.16. The number of benzene rings is 2. The van der Waals surface area contributed by atoms with E-state index in [2.05, 4.69) is 15.9 Å². The molecule has 1 heterocycles. The van der Waals surface area contributed by atoms with Crippen molar-refractivity contribution in [2.75, 3.05) is 5.23 Å². The molecule has 124 valence electrons. The summed E-state index contributed by atoms with van der Waals surface area (Å²) in [6, 6.07) is 9.53. The number of hydrogen-bond acceptors (Lipinski definition) is 5. The van der Waals surface area contributed by atoms with Gasteiger partial charge in [-0.05, 0) is 30.3 Å². The Bertz CT molecular complexity index is 939. The second-order valence-corrected chi connectivity index (χ2v) is 6.34. The largest absolute Gasteiger partial charge is 0.392 e. The van der Waals surface area contributed by atoms with Gasteiger partial charge >= 0.3 is 0 Å². The van der Waals surface area contributed by atoms with Gasteiger partial charge in [0.15, 0.2) is 0 Å². The molecule has 0 spiro atoms. The van der Waals surface area contributed by atoms with Crippen LogP contribution in [-0.2, 0) is 6.61 Å². The van der Waals surface area contributed by atoms with E-state index in [9.17, 15) is 20.3 Å². The summed E-state index contributed by atoms with van der Waals surface area (Å²) in [5, 5.41) is 28.6. The molecule has 3 aromatic rings. The maximum atomic E-state index is 12.8. The molecular weight excluding hydrogens is 400 g/mol. The number of fused-ring (bicyclic) bond motifs is 1. The first-order valence-corrected chi connectivity index (χ1v) is 8.02. The molecule has 0 amide bonds. The van der Waals surface area contributed by atoms with Crippen LogP contribution in [0.1, 0.15) is 15.9 Å². The van der Waals surface area contributed by atoms with E-state index < -0.39 is 5.91 Å². The number of nitrogens with zero attached hydrogens (tertiary/aromatic N) is 2. The van der Waals surface area contributed by atoms with Crippen molar-refractivity contribution in [1.29, 1.82) is 0 Å². The lowest BCUT2D eigenvalue weighted by Crippen LogP contribution is -2.15. The molecule has 0 aliphatic carbocycles. The van der Waals surface area contributed by atoms with Crippen molar-refractivity contribution < 1.29 is 20.3 Å². The Morgan fingerprint density at radius 1 is 1.25 bits per heavy atom. The molecule has 8 heteroatoms. The van der Waals surface area contributed by atoms with Gasteiger partial charge in [-0.1, -0.05) is 33.6 Å². The number of aliphatic hydroxyl groups excluding tert-OH is 1. The lowest BCUT2D eigenvalue weighted by atomic mass is 10.1. The summed E-state index contributed by atoms with van der Waals surface area (Å²) in [4.78, 5) is 12.8. The van der Waals surface area contributed by atoms with Crippen molar-refractivity contribution >= 4 is 50.0 Å². The van der Waals surface area contributed by atoms with Crippen molar-refractivity contribution in [2.45, 2.75) is 6.61 Å². The molecule has 0 aliphatic rings. The molecule has 6 nitrogen and oxygen atoms in total. The third-order valence-electron chi connectivity index (χ3n) is 3.65. The normalized spacial score (nSPS) is 11.0. The van der Waals surface area contributed by atoms with Gasteiger partial charge in [-0.2, -0.15) is 0 Å². The first kappa shape index (κ1) is 16.9. The van der Waals surface area contributed by atoms with E-state index in [1.165, 1.54) is 22.8 Å². The van der Waals surface area contributed by atoms with Gasteiger partial charge in [0.1, 0.15) is 5.69 Å². The van der Waals surface area contributed by atoms with E-state index >= 15 is 0 Å². The molecule has 2 aromatic carbocycles. The van der Waals surface area contributed by atoms with Crippen LogP contribution in [0.2, 0.25) is 5.02 Å². The van der Waals surface area contributed by atoms with Gasteiger partial charge < -0.3 is 5.11 Å². The molecule has 0 saturated carbocycles. The van der Waals surface area contributed by atoms with Crippen molar-refractivity contribution in [3.8, 4) is 0 Å². The molecule has 3 N–H and O–H groups in total. The molecule has 0 saturated heterocycles. The first-order valence-electron chi connectivity index (χ1n) is 6.85. The van der Waals surface area contributed by atoms with Gasteiger partial charge in [0.25, 0.3) is 5.91 Å². The number of aliphatic hydroxyl groups is 1. The number of anilines is 1. The average molecular weight is 412 g/mol. The molecule has 0 radical (unpaired) electrons. The van der Waals surface area contributed by atoms with Crippen molar-refractivity contribution in [1.82, 2.24) is 4.57 Å². The van der Waals surface area contributed by atoms with E-state index in [1.807, 2.05) is 6.07 Å². The average Bonchev–Trinajstić information content (AvgIpc) is 2.94. The molecule has 0 aliphatic heterocycles. The molecule has 24 heavy (non-hydrogen) atoms. The number of aromatic nitrogens is 1. The van der Waals surface area contributed by atoms with Gasteiger partial charge in [-0.3, -0.25) is 19.8 Å². The van der Waals surface area contributed by atoms with Crippen LogP contribution < -0.4 is 5.23 Å². The minimum Gasteiger partial charge on any atom is -0.392 e. The van der Waals surface area contributed by atoms with Crippen LogP contribution in [0, 0.1) is 0 Å². The Labute approximate surface area is 150 Å². The molecule has 0 atom stereocenters. The maximum absolute atomic E-state index is 12.8. The fraction of sp³-hybridized carbons (Fsp3) is 0.0625. The zero-order chi connectivity index (χ0) is 17.4. The predicted octanol–water partition coefficient (Wildman–Crippen LogP) is 3.82. The summed E-state index contributed by atoms with van der Waals surface area (Å²) in [5.74, 6) is -0.391. The van der Waals surface area contributed by atoms with Crippen LogP contribution in [0.15, 0.2) is 47.1 Å². The van der Waals surface area contributed by atoms with Crippen LogP contribution in [-0.4, -0.2) is 26.0 Å². The maximum Gasteiger partial charge on any atom is 0.262 e. The van der Waals surface area contributed by atoms with E-state index in [1.54, 1.807) is 18.3 Å². The van der Waals surface area contributed by atoms with E-state index in [0.717, 1.165) is 9.86 Å². The van der Waals surface area contributed by atoms with Gasteiger partial charge in [0.2, 0.25) is 0 Å². The van der Waals surface area contributed by atoms with Gasteiger partial charge in [0, 0.05) is 27.2 Å². The quantitative estimate of drug-likeness (QED) is 0.570. The van der Waals surface area contributed by atoms with Crippen LogP contribution in [0.25, 0.3) is 10.9 Å². The van der Waals surface area contributed by atoms with Crippen molar-refractivity contribution in [3.63, 3.8) is 0 Å². The lowest BCUT2D eigenvalue weighted by molar-refractivity contribution is 0.0292. The van der Waals surface area contributed by atoms with Gasteiger partial charge in [-0.15, -0.1) is 5.23 Å². The molecule has 3 rings (SSSR count). The number of hydrogen-bond donors (Lipinski definition) is 3. The summed E-state index contributed by atoms with van der Waals surface area (Å²) in [6.45, 7) is -0.216. The zero-order valence-corrected chi connectivity index (χ0v) is 14.5. The molecule has 0 unspecified atom stereocenters. The third-order valence-corrected chi connectivity index (χ3v) is 4.64. The molecular formula is C16H12BrClN2O4. The third kappa shape index (κ3) is 2.81. The minimum atomic E-state index is -0.391. The fourth-order valence-electron chi connectivity index (χ4n) is 2.55. The highest BCUT2D eigenvalue weighted by atomic mass is 79.9. The molecule has 1 aromatic heterocycles. The topological polar surface area (TPSA) is 85.9 Å². The van der Waals surface area contributed by atoms with Crippen molar-refractivity contribution in [3.05, 3.63) is 63.2 Å². The fourth-order valence-corrected chi connectivity index (χ4v) is 3.35. The van der Waals surface area contributed by atoms with E-state index in [4.69, 9.17) is 11.6 Å². The Hall–Kier alpha value is -1.90. The Morgan fingerprint density at radius 3 is 2.67 bits per heavy atom. The van der Waals surface area contributed by atoms with Crippen LogP contribution in [0.5, 0.6) is 0 Å². The summed E-state index contributed by atoms with van der Waals surface area (Å²) in [7, 11) is 0. The second-order valence-electron chi connectivity index (χ2n) is 5.08. The van der Waals surface area contributed by atoms with Crippen LogP contribution in [0.4, 0.5) is 5.69 Å². The highest BCUT2D eigenvalue weighted by molar-refractivity contribution is 9.10. The highest BCUT2D eigenvalue weighted by Gasteiger charge is 2.18. The Morgan fingerprint density at radius 2 is 2.00 bits per heavy atom. The summed E-state index contributed by atoms with van der Waals surface area (Å²) >= 11 is 9.29. The predicted molar refractivity (Wildman–Crippen MR) is 92.8 cm³/mol. The summed E-state index contributed by atoms with van der Waals surface area (Å²) < 4.78 is 2.17. The number of carbonyl (C=O) groups is 1. The standard InChI is InChI=1S/C16H12BrClN2O4/c17-11-2-1-3-13-15(11)10(8-21)7-19(13)16(22)9-4-5-12(18)14(6-9)20(23)24/h1-7,21,23-24H,8H2. The Kier molecular flexibility index (Phi) is 4.62. The molecule has 0 fully saturated rings. The second kappa shape index (κ2) is 6.54. The number of rotatable bonds is 3. The lowest BCUT2D eigenvalue weighted by Gasteiger charge is -2.12. The van der Waals surface area contributed by atoms with Gasteiger partial charge in [0.05, 0.1) is 17.1 Å². The SMILES string of the molecule is O=C(c1ccc(Cl)c(N(O)O)c1)n1cc(CO)c2c(Br)cccc21. The first-order chi connectivity index (χ1) is 11.4. The summed E-state index contributed by atoms with van der Waals surface area (Å²) in [6.07, 6.45) is 1.56. The van der Waals surface area contributed by atoms with E-state index in [0.29, 0.717) is 11.1 Å². The zero-order valence-electron chi connectivity index (χ0n) is 12.1.